The molecule has 0 saturated heterocycles. The average Bonchev–Trinajstić information content (AvgIpc) is 2.38. The van der Waals surface area contributed by atoms with E-state index >= 15 is 0 Å². The van der Waals surface area contributed by atoms with Gasteiger partial charge in [-0.2, -0.15) is 0 Å². The maximum atomic E-state index is 12.0. The first-order valence-electron chi connectivity index (χ1n) is 6.71. The van der Waals surface area contributed by atoms with Gasteiger partial charge < -0.3 is 5.32 Å². The summed E-state index contributed by atoms with van der Waals surface area (Å²) in [5.74, 6) is -0.217. The van der Waals surface area contributed by atoms with Crippen molar-refractivity contribution in [3.8, 4) is 0 Å². The van der Waals surface area contributed by atoms with Gasteiger partial charge in [0.1, 0.15) is 9.84 Å². The molecule has 0 amide bonds. The van der Waals surface area contributed by atoms with E-state index in [4.69, 9.17) is 0 Å². The maximum absolute atomic E-state index is 12.0. The predicted molar refractivity (Wildman–Crippen MR) is 83.3 cm³/mol. The molecular weight excluding hydrogens is 312 g/mol. The van der Waals surface area contributed by atoms with Crippen LogP contribution in [-0.4, -0.2) is 41.9 Å². The fourth-order valence-electron chi connectivity index (χ4n) is 1.64. The van der Waals surface area contributed by atoms with E-state index in [0.717, 1.165) is 24.8 Å². The van der Waals surface area contributed by atoms with Gasteiger partial charge in [0.2, 0.25) is 10.0 Å². The summed E-state index contributed by atoms with van der Waals surface area (Å²) in [5.41, 5.74) is 0.999. The fourth-order valence-corrected chi connectivity index (χ4v) is 3.27. The van der Waals surface area contributed by atoms with Crippen LogP contribution in [0, 0.1) is 0 Å². The third-order valence-corrected chi connectivity index (χ3v) is 5.18. The summed E-state index contributed by atoms with van der Waals surface area (Å²) >= 11 is 0. The van der Waals surface area contributed by atoms with Crippen LogP contribution >= 0.6 is 0 Å². The molecule has 0 atom stereocenters. The molecule has 0 saturated carbocycles. The standard InChI is InChI=1S/C13H22N2O4S2/c1-3-8-14-11-12-4-6-13(7-5-12)21(18,19)15-9-10-20(2,16)17/h4-7,14-15H,3,8-11H2,1-2H3. The molecule has 0 aliphatic rings. The topological polar surface area (TPSA) is 92.3 Å². The molecule has 0 heterocycles. The van der Waals surface area contributed by atoms with Gasteiger partial charge in [-0.05, 0) is 30.7 Å². The van der Waals surface area contributed by atoms with E-state index in [9.17, 15) is 16.8 Å². The minimum atomic E-state index is -3.66. The van der Waals surface area contributed by atoms with Crippen LogP contribution in [0.5, 0.6) is 0 Å². The Kier molecular flexibility index (Phi) is 6.79. The monoisotopic (exact) mass is 334 g/mol. The van der Waals surface area contributed by atoms with Gasteiger partial charge in [-0.25, -0.2) is 21.6 Å². The molecule has 0 aromatic heterocycles. The molecule has 0 aliphatic carbocycles. The van der Waals surface area contributed by atoms with Crippen molar-refractivity contribution in [2.24, 2.45) is 0 Å². The molecule has 1 aromatic rings. The van der Waals surface area contributed by atoms with Gasteiger partial charge in [0.25, 0.3) is 0 Å². The SMILES string of the molecule is CCCNCc1ccc(S(=O)(=O)NCCS(C)(=O)=O)cc1. The molecule has 8 heteroatoms. The molecule has 21 heavy (non-hydrogen) atoms. The quantitative estimate of drug-likeness (QED) is 0.642. The number of rotatable bonds is 9. The van der Waals surface area contributed by atoms with E-state index in [-0.39, 0.29) is 17.2 Å². The van der Waals surface area contributed by atoms with Gasteiger partial charge in [0.15, 0.2) is 0 Å². The first-order valence-corrected chi connectivity index (χ1v) is 10.3. The van der Waals surface area contributed by atoms with Crippen LogP contribution in [0.25, 0.3) is 0 Å². The Hall–Kier alpha value is -0.960. The highest BCUT2D eigenvalue weighted by Crippen LogP contribution is 2.10. The molecule has 1 aromatic carbocycles. The van der Waals surface area contributed by atoms with Gasteiger partial charge in [-0.15, -0.1) is 0 Å². The van der Waals surface area contributed by atoms with E-state index in [0.29, 0.717) is 6.54 Å². The van der Waals surface area contributed by atoms with E-state index in [1.807, 2.05) is 0 Å². The van der Waals surface area contributed by atoms with Crippen LogP contribution in [0.3, 0.4) is 0 Å². The zero-order valence-corrected chi connectivity index (χ0v) is 13.9. The molecule has 0 fully saturated rings. The Bertz CT molecular complexity index is 637. The van der Waals surface area contributed by atoms with Crippen molar-refractivity contribution in [2.45, 2.75) is 24.8 Å². The summed E-state index contributed by atoms with van der Waals surface area (Å²) in [6.07, 6.45) is 2.11. The second kappa shape index (κ2) is 7.88. The minimum absolute atomic E-state index is 0.124. The van der Waals surface area contributed by atoms with Gasteiger partial charge in [0.05, 0.1) is 10.6 Å². The summed E-state index contributed by atoms with van der Waals surface area (Å²) < 4.78 is 48.2. The Morgan fingerprint density at radius 2 is 1.62 bits per heavy atom. The van der Waals surface area contributed by atoms with Crippen LogP contribution in [0.4, 0.5) is 0 Å². The normalized spacial score (nSPS) is 12.5. The van der Waals surface area contributed by atoms with Crippen molar-refractivity contribution in [3.63, 3.8) is 0 Å². The van der Waals surface area contributed by atoms with Crippen molar-refractivity contribution in [3.05, 3.63) is 29.8 Å². The van der Waals surface area contributed by atoms with Crippen LogP contribution in [0.1, 0.15) is 18.9 Å². The zero-order valence-electron chi connectivity index (χ0n) is 12.3. The Morgan fingerprint density at radius 3 is 2.14 bits per heavy atom. The number of sulfonamides is 1. The number of nitrogens with one attached hydrogen (secondary N) is 2. The summed E-state index contributed by atoms with van der Waals surface area (Å²) in [6, 6.07) is 6.53. The van der Waals surface area contributed by atoms with Crippen molar-refractivity contribution < 1.29 is 16.8 Å². The third-order valence-electron chi connectivity index (χ3n) is 2.75. The predicted octanol–water partition coefficient (Wildman–Crippen LogP) is 0.509. The Balaban J connectivity index is 2.62. The Labute approximate surface area is 126 Å². The second-order valence-corrected chi connectivity index (χ2v) is 8.88. The average molecular weight is 334 g/mol. The second-order valence-electron chi connectivity index (χ2n) is 4.85. The number of benzene rings is 1. The molecule has 6 nitrogen and oxygen atoms in total. The lowest BCUT2D eigenvalue weighted by Gasteiger charge is -2.08. The number of hydrogen-bond donors (Lipinski definition) is 2. The third kappa shape index (κ3) is 7.03. The van der Waals surface area contributed by atoms with Crippen molar-refractivity contribution in [1.29, 1.82) is 0 Å². The molecule has 120 valence electrons. The first kappa shape index (κ1) is 18.1. The number of sulfone groups is 1. The largest absolute Gasteiger partial charge is 0.313 e. The van der Waals surface area contributed by atoms with Crippen LogP contribution < -0.4 is 10.0 Å². The van der Waals surface area contributed by atoms with Gasteiger partial charge in [-0.1, -0.05) is 19.1 Å². The van der Waals surface area contributed by atoms with Gasteiger partial charge in [-0.3, -0.25) is 0 Å². The number of hydrogen-bond acceptors (Lipinski definition) is 5. The highest BCUT2D eigenvalue weighted by molar-refractivity contribution is 7.91. The van der Waals surface area contributed by atoms with Gasteiger partial charge >= 0.3 is 0 Å². The summed E-state index contributed by atoms with van der Waals surface area (Å²) in [7, 11) is -6.84. The molecule has 0 unspecified atom stereocenters. The maximum Gasteiger partial charge on any atom is 0.240 e. The highest BCUT2D eigenvalue weighted by Gasteiger charge is 2.14. The molecule has 1 rings (SSSR count). The summed E-state index contributed by atoms with van der Waals surface area (Å²) in [5, 5.41) is 3.23. The first-order chi connectivity index (χ1) is 9.74. The molecule has 0 aliphatic heterocycles. The summed E-state index contributed by atoms with van der Waals surface area (Å²) in [6.45, 7) is 3.55. The molecule has 0 bridgehead atoms. The fraction of sp³-hybridized carbons (Fsp3) is 0.538. The van der Waals surface area contributed by atoms with E-state index in [2.05, 4.69) is 17.0 Å². The lowest BCUT2D eigenvalue weighted by Crippen LogP contribution is -2.29. The van der Waals surface area contributed by atoms with Crippen LogP contribution in [0.15, 0.2) is 29.2 Å². The van der Waals surface area contributed by atoms with E-state index in [1.54, 1.807) is 12.1 Å². The van der Waals surface area contributed by atoms with Crippen molar-refractivity contribution in [1.82, 2.24) is 10.0 Å². The minimum Gasteiger partial charge on any atom is -0.313 e. The van der Waals surface area contributed by atoms with Crippen LogP contribution in [-0.2, 0) is 26.4 Å². The van der Waals surface area contributed by atoms with Crippen molar-refractivity contribution in [2.75, 3.05) is 25.1 Å². The van der Waals surface area contributed by atoms with Gasteiger partial charge in [0, 0.05) is 19.3 Å². The lowest BCUT2D eigenvalue weighted by atomic mass is 10.2. The molecular formula is C13H22N2O4S2. The molecule has 2 N–H and O–H groups in total. The highest BCUT2D eigenvalue weighted by atomic mass is 32.2. The van der Waals surface area contributed by atoms with Crippen LogP contribution in [0.2, 0.25) is 0 Å². The summed E-state index contributed by atoms with van der Waals surface area (Å²) in [4.78, 5) is 0.134. The smallest absolute Gasteiger partial charge is 0.240 e. The van der Waals surface area contributed by atoms with Crippen molar-refractivity contribution >= 4 is 19.9 Å². The zero-order chi connectivity index (χ0) is 15.9. The Morgan fingerprint density at radius 1 is 1.00 bits per heavy atom. The molecule has 0 spiro atoms. The van der Waals surface area contributed by atoms with E-state index < -0.39 is 19.9 Å². The lowest BCUT2D eigenvalue weighted by molar-refractivity contribution is 0.582. The molecule has 0 radical (unpaired) electrons. The van der Waals surface area contributed by atoms with E-state index in [1.165, 1.54) is 12.1 Å².